The molecule has 0 saturated carbocycles. The van der Waals surface area contributed by atoms with Gasteiger partial charge in [-0.05, 0) is 0 Å². The molecule has 0 aliphatic carbocycles. The Hall–Kier alpha value is -1.44. The van der Waals surface area contributed by atoms with Crippen LogP contribution in [0.2, 0.25) is 0 Å². The van der Waals surface area contributed by atoms with Crippen LogP contribution in [-0.4, -0.2) is 73.6 Å². The van der Waals surface area contributed by atoms with E-state index in [2.05, 4.69) is 32.5 Å². The van der Waals surface area contributed by atoms with Gasteiger partial charge in [-0.15, -0.1) is 19.3 Å². The van der Waals surface area contributed by atoms with Gasteiger partial charge in [-0.1, -0.05) is 17.8 Å². The van der Waals surface area contributed by atoms with Gasteiger partial charge < -0.3 is 0 Å². The SMILES string of the molecule is C#CCN1CCN(CC#C)CCN(CC#C)CC1. The van der Waals surface area contributed by atoms with Crippen molar-refractivity contribution in [2.45, 2.75) is 0 Å². The second-order valence-corrected chi connectivity index (χ2v) is 4.44. The van der Waals surface area contributed by atoms with E-state index in [1.807, 2.05) is 0 Å². The van der Waals surface area contributed by atoms with Crippen LogP contribution in [-0.2, 0) is 0 Å². The number of hydrogen-bond donors (Lipinski definition) is 0. The van der Waals surface area contributed by atoms with Crippen LogP contribution in [0.5, 0.6) is 0 Å². The van der Waals surface area contributed by atoms with Crippen LogP contribution in [0.3, 0.4) is 0 Å². The quantitative estimate of drug-likeness (QED) is 0.636. The summed E-state index contributed by atoms with van der Waals surface area (Å²) < 4.78 is 0. The van der Waals surface area contributed by atoms with Crippen LogP contribution in [0.15, 0.2) is 0 Å². The molecule has 1 heterocycles. The van der Waals surface area contributed by atoms with Crippen LogP contribution in [0.1, 0.15) is 0 Å². The van der Waals surface area contributed by atoms with Gasteiger partial charge in [-0.2, -0.15) is 0 Å². The lowest BCUT2D eigenvalue weighted by Gasteiger charge is -2.22. The number of hydrogen-bond acceptors (Lipinski definition) is 3. The first-order chi connectivity index (χ1) is 8.80. The van der Waals surface area contributed by atoms with Crippen molar-refractivity contribution < 1.29 is 0 Å². The third kappa shape index (κ3) is 5.26. The monoisotopic (exact) mass is 243 g/mol. The minimum atomic E-state index is 0.688. The average molecular weight is 243 g/mol. The summed E-state index contributed by atoms with van der Waals surface area (Å²) >= 11 is 0. The second kappa shape index (κ2) is 8.62. The molecule has 1 aliphatic heterocycles. The van der Waals surface area contributed by atoms with Gasteiger partial charge in [-0.25, -0.2) is 0 Å². The maximum atomic E-state index is 5.39. The fourth-order valence-electron chi connectivity index (χ4n) is 2.05. The summed E-state index contributed by atoms with van der Waals surface area (Å²) in [4.78, 5) is 6.83. The molecule has 3 nitrogen and oxygen atoms in total. The highest BCUT2D eigenvalue weighted by Crippen LogP contribution is 1.99. The average Bonchev–Trinajstić information content (AvgIpc) is 2.45. The lowest BCUT2D eigenvalue weighted by atomic mass is 10.4. The standard InChI is InChI=1S/C15H21N3/c1-4-7-16-10-12-17(8-5-2)14-15-18(9-6-3)13-11-16/h1-3H,7-15H2. The Kier molecular flexibility index (Phi) is 7.00. The van der Waals surface area contributed by atoms with E-state index in [1.54, 1.807) is 0 Å². The lowest BCUT2D eigenvalue weighted by molar-refractivity contribution is 0.250. The van der Waals surface area contributed by atoms with Gasteiger partial charge >= 0.3 is 0 Å². The molecule has 0 amide bonds. The molecule has 1 saturated heterocycles. The van der Waals surface area contributed by atoms with Gasteiger partial charge in [0.15, 0.2) is 0 Å². The van der Waals surface area contributed by atoms with E-state index >= 15 is 0 Å². The zero-order valence-electron chi connectivity index (χ0n) is 10.9. The van der Waals surface area contributed by atoms with Crippen LogP contribution in [0.4, 0.5) is 0 Å². The molecule has 0 atom stereocenters. The van der Waals surface area contributed by atoms with Crippen molar-refractivity contribution in [2.75, 3.05) is 58.9 Å². The van der Waals surface area contributed by atoms with E-state index < -0.39 is 0 Å². The minimum Gasteiger partial charge on any atom is -0.290 e. The Morgan fingerprint density at radius 1 is 0.556 bits per heavy atom. The van der Waals surface area contributed by atoms with E-state index in [0.717, 1.165) is 39.3 Å². The molecule has 18 heavy (non-hydrogen) atoms. The first-order valence-corrected chi connectivity index (χ1v) is 6.27. The Balaban J connectivity index is 2.60. The third-order valence-electron chi connectivity index (χ3n) is 3.14. The Morgan fingerprint density at radius 3 is 0.944 bits per heavy atom. The second-order valence-electron chi connectivity index (χ2n) is 4.44. The van der Waals surface area contributed by atoms with Crippen molar-refractivity contribution in [3.05, 3.63) is 0 Å². The van der Waals surface area contributed by atoms with Crippen molar-refractivity contribution in [1.82, 2.24) is 14.7 Å². The summed E-state index contributed by atoms with van der Waals surface area (Å²) in [7, 11) is 0. The molecule has 0 aromatic carbocycles. The van der Waals surface area contributed by atoms with E-state index in [4.69, 9.17) is 19.3 Å². The number of rotatable bonds is 3. The van der Waals surface area contributed by atoms with Gasteiger partial charge in [0, 0.05) is 39.3 Å². The molecule has 0 aromatic rings. The van der Waals surface area contributed by atoms with Gasteiger partial charge in [0.05, 0.1) is 19.6 Å². The Morgan fingerprint density at radius 2 is 0.778 bits per heavy atom. The molecule has 0 aromatic heterocycles. The highest BCUT2D eigenvalue weighted by molar-refractivity contribution is 4.93. The molecule has 96 valence electrons. The maximum absolute atomic E-state index is 5.39. The van der Waals surface area contributed by atoms with Crippen molar-refractivity contribution in [3.8, 4) is 37.0 Å². The fraction of sp³-hybridized carbons (Fsp3) is 0.600. The molecule has 0 unspecified atom stereocenters. The molecule has 1 aliphatic rings. The van der Waals surface area contributed by atoms with Crippen molar-refractivity contribution in [2.24, 2.45) is 0 Å². The first-order valence-electron chi connectivity index (χ1n) is 6.27. The lowest BCUT2D eigenvalue weighted by Crippen LogP contribution is -2.36. The molecule has 0 radical (unpaired) electrons. The van der Waals surface area contributed by atoms with Crippen molar-refractivity contribution >= 4 is 0 Å². The van der Waals surface area contributed by atoms with Gasteiger partial charge in [0.25, 0.3) is 0 Å². The topological polar surface area (TPSA) is 9.72 Å². The predicted molar refractivity (Wildman–Crippen MR) is 75.8 cm³/mol. The Labute approximate surface area is 111 Å². The molecular weight excluding hydrogens is 222 g/mol. The maximum Gasteiger partial charge on any atom is 0.0599 e. The van der Waals surface area contributed by atoms with E-state index in [1.165, 1.54) is 0 Å². The third-order valence-corrected chi connectivity index (χ3v) is 3.14. The summed E-state index contributed by atoms with van der Waals surface area (Å²) in [5, 5.41) is 0. The molecule has 1 fully saturated rings. The molecule has 1 rings (SSSR count). The highest BCUT2D eigenvalue weighted by atomic mass is 15.3. The van der Waals surface area contributed by atoms with Crippen molar-refractivity contribution in [3.63, 3.8) is 0 Å². The van der Waals surface area contributed by atoms with Gasteiger partial charge in [0.2, 0.25) is 0 Å². The molecular formula is C15H21N3. The number of terminal acetylenes is 3. The Bertz CT molecular complexity index is 286. The minimum absolute atomic E-state index is 0.688. The fourth-order valence-corrected chi connectivity index (χ4v) is 2.05. The van der Waals surface area contributed by atoms with E-state index in [-0.39, 0.29) is 0 Å². The zero-order valence-corrected chi connectivity index (χ0v) is 10.9. The van der Waals surface area contributed by atoms with Crippen LogP contribution >= 0.6 is 0 Å². The van der Waals surface area contributed by atoms with Gasteiger partial charge in [-0.3, -0.25) is 14.7 Å². The molecule has 3 heteroatoms. The molecule has 0 bridgehead atoms. The van der Waals surface area contributed by atoms with Gasteiger partial charge in [0.1, 0.15) is 0 Å². The van der Waals surface area contributed by atoms with E-state index in [9.17, 15) is 0 Å². The number of nitrogens with zero attached hydrogens (tertiary/aromatic N) is 3. The summed E-state index contributed by atoms with van der Waals surface area (Å²) in [5.41, 5.74) is 0. The predicted octanol–water partition coefficient (Wildman–Crippen LogP) is -0.194. The largest absolute Gasteiger partial charge is 0.290 e. The van der Waals surface area contributed by atoms with E-state index in [0.29, 0.717) is 19.6 Å². The first kappa shape index (κ1) is 14.6. The van der Waals surface area contributed by atoms with Crippen LogP contribution < -0.4 is 0 Å². The van der Waals surface area contributed by atoms with Crippen LogP contribution in [0.25, 0.3) is 0 Å². The molecule has 0 spiro atoms. The summed E-state index contributed by atoms with van der Waals surface area (Å²) in [6.45, 7) is 7.87. The van der Waals surface area contributed by atoms with Crippen LogP contribution in [0, 0.1) is 37.0 Å². The smallest absolute Gasteiger partial charge is 0.0599 e. The zero-order chi connectivity index (χ0) is 13.2. The normalized spacial score (nSPS) is 19.8. The summed E-state index contributed by atoms with van der Waals surface area (Å²) in [6.07, 6.45) is 16.2. The van der Waals surface area contributed by atoms with Crippen molar-refractivity contribution in [1.29, 1.82) is 0 Å². The molecule has 0 N–H and O–H groups in total. The summed E-state index contributed by atoms with van der Waals surface area (Å²) in [6, 6.07) is 0. The summed E-state index contributed by atoms with van der Waals surface area (Å²) in [5.74, 6) is 8.12. The highest BCUT2D eigenvalue weighted by Gasteiger charge is 2.14.